The number of hydrogen-bond acceptors (Lipinski definition) is 6. The predicted molar refractivity (Wildman–Crippen MR) is 137 cm³/mol. The number of hydrogen-bond donors (Lipinski definition) is 1. The molecule has 2 aromatic carbocycles. The second-order valence-corrected chi connectivity index (χ2v) is 9.83. The van der Waals surface area contributed by atoms with Crippen molar-refractivity contribution in [1.29, 1.82) is 0 Å². The van der Waals surface area contributed by atoms with Crippen LogP contribution in [0.3, 0.4) is 0 Å². The van der Waals surface area contributed by atoms with Crippen LogP contribution in [-0.2, 0) is 16.1 Å². The van der Waals surface area contributed by atoms with Gasteiger partial charge in [0.15, 0.2) is 0 Å². The molecule has 1 atom stereocenters. The number of benzene rings is 2. The van der Waals surface area contributed by atoms with Gasteiger partial charge in [0.1, 0.15) is 17.3 Å². The number of Topliss-reactive ketones (excluding diaryl/α,β-unsaturated/α-hetero) is 1. The SMILES string of the molecule is COc1ccc(CN2C(=O)C(=O)/C(=C(/O)c3cc(C(C)C)c(OC)cc3C)C2c2cccs2)cc1. The van der Waals surface area contributed by atoms with Gasteiger partial charge in [-0.1, -0.05) is 32.0 Å². The lowest BCUT2D eigenvalue weighted by molar-refractivity contribution is -0.140. The summed E-state index contributed by atoms with van der Waals surface area (Å²) in [7, 11) is 3.21. The zero-order chi connectivity index (χ0) is 25.3. The Labute approximate surface area is 209 Å². The first-order valence-corrected chi connectivity index (χ1v) is 12.3. The first-order chi connectivity index (χ1) is 16.8. The highest BCUT2D eigenvalue weighted by Gasteiger charge is 2.46. The van der Waals surface area contributed by atoms with E-state index in [0.717, 1.165) is 27.3 Å². The number of likely N-dealkylation sites (tertiary alicyclic amines) is 1. The van der Waals surface area contributed by atoms with Gasteiger partial charge in [0.25, 0.3) is 11.7 Å². The lowest BCUT2D eigenvalue weighted by Crippen LogP contribution is -2.28. The number of nitrogens with zero attached hydrogens (tertiary/aromatic N) is 1. The van der Waals surface area contributed by atoms with Crippen LogP contribution >= 0.6 is 11.3 Å². The average molecular weight is 492 g/mol. The molecule has 1 aliphatic heterocycles. The maximum Gasteiger partial charge on any atom is 0.295 e. The van der Waals surface area contributed by atoms with Gasteiger partial charge in [0, 0.05) is 17.0 Å². The third-order valence-corrected chi connectivity index (χ3v) is 7.24. The van der Waals surface area contributed by atoms with Gasteiger partial charge in [-0.25, -0.2) is 0 Å². The molecule has 1 aliphatic rings. The van der Waals surface area contributed by atoms with Crippen LogP contribution in [0.2, 0.25) is 0 Å². The zero-order valence-electron chi connectivity index (χ0n) is 20.5. The first kappa shape index (κ1) is 24.5. The van der Waals surface area contributed by atoms with Crippen LogP contribution in [0.1, 0.15) is 52.9 Å². The molecule has 0 saturated carbocycles. The minimum absolute atomic E-state index is 0.105. The zero-order valence-corrected chi connectivity index (χ0v) is 21.3. The van der Waals surface area contributed by atoms with E-state index >= 15 is 0 Å². The average Bonchev–Trinajstić information content (AvgIpc) is 3.46. The quantitative estimate of drug-likeness (QED) is 0.256. The lowest BCUT2D eigenvalue weighted by Gasteiger charge is -2.24. The Morgan fingerprint density at radius 2 is 1.80 bits per heavy atom. The molecule has 0 spiro atoms. The van der Waals surface area contributed by atoms with Gasteiger partial charge >= 0.3 is 0 Å². The van der Waals surface area contributed by atoms with Crippen LogP contribution in [0.25, 0.3) is 5.76 Å². The van der Waals surface area contributed by atoms with Crippen LogP contribution in [-0.4, -0.2) is 35.9 Å². The largest absolute Gasteiger partial charge is 0.507 e. The molecule has 35 heavy (non-hydrogen) atoms. The molecule has 4 rings (SSSR count). The summed E-state index contributed by atoms with van der Waals surface area (Å²) in [6, 6.07) is 14.2. The molecule has 2 heterocycles. The van der Waals surface area contributed by atoms with Crippen molar-refractivity contribution in [3.05, 3.63) is 86.6 Å². The summed E-state index contributed by atoms with van der Waals surface area (Å²) in [6.07, 6.45) is 0. The number of carbonyl (C=O) groups excluding carboxylic acids is 2. The second kappa shape index (κ2) is 9.96. The molecule has 0 aliphatic carbocycles. The molecule has 0 bridgehead atoms. The number of ketones is 1. The van der Waals surface area contributed by atoms with E-state index in [2.05, 4.69) is 0 Å². The maximum absolute atomic E-state index is 13.3. The second-order valence-electron chi connectivity index (χ2n) is 8.85. The summed E-state index contributed by atoms with van der Waals surface area (Å²) in [4.78, 5) is 28.9. The summed E-state index contributed by atoms with van der Waals surface area (Å²) < 4.78 is 10.8. The molecule has 1 N–H and O–H groups in total. The molecule has 1 amide bonds. The molecular weight excluding hydrogens is 462 g/mol. The molecule has 0 radical (unpaired) electrons. The Kier molecular flexibility index (Phi) is 6.98. The van der Waals surface area contributed by atoms with E-state index in [0.29, 0.717) is 11.3 Å². The Morgan fingerprint density at radius 3 is 2.37 bits per heavy atom. The van der Waals surface area contributed by atoms with Gasteiger partial charge in [-0.2, -0.15) is 0 Å². The van der Waals surface area contributed by atoms with Crippen molar-refractivity contribution in [3.63, 3.8) is 0 Å². The van der Waals surface area contributed by atoms with Crippen molar-refractivity contribution >= 4 is 28.8 Å². The summed E-state index contributed by atoms with van der Waals surface area (Å²) in [5, 5.41) is 13.4. The number of methoxy groups -OCH3 is 2. The van der Waals surface area contributed by atoms with Crippen LogP contribution < -0.4 is 9.47 Å². The fourth-order valence-corrected chi connectivity index (χ4v) is 5.29. The van der Waals surface area contributed by atoms with Gasteiger partial charge in [-0.15, -0.1) is 11.3 Å². The maximum atomic E-state index is 13.3. The number of amides is 1. The van der Waals surface area contributed by atoms with E-state index in [-0.39, 0.29) is 23.8 Å². The number of ether oxygens (including phenoxy) is 2. The predicted octanol–water partition coefficient (Wildman–Crippen LogP) is 5.82. The van der Waals surface area contributed by atoms with Gasteiger partial charge in [0.2, 0.25) is 0 Å². The van der Waals surface area contributed by atoms with Gasteiger partial charge < -0.3 is 19.5 Å². The van der Waals surface area contributed by atoms with E-state index in [1.165, 1.54) is 16.2 Å². The fourth-order valence-electron chi connectivity index (χ4n) is 4.44. The molecule has 182 valence electrons. The smallest absolute Gasteiger partial charge is 0.295 e. The van der Waals surface area contributed by atoms with Crippen molar-refractivity contribution in [2.75, 3.05) is 14.2 Å². The third-order valence-electron chi connectivity index (χ3n) is 6.32. The standard InChI is InChI=1S/C28H29NO5S/c1-16(2)20-14-21(17(3)13-22(20)34-5)26(30)24-25(23-7-6-12-35-23)29(28(32)27(24)31)15-18-8-10-19(33-4)11-9-18/h6-14,16,25,30H,15H2,1-5H3/b26-24+. The van der Waals surface area contributed by atoms with Crippen molar-refractivity contribution < 1.29 is 24.2 Å². The Morgan fingerprint density at radius 1 is 1.09 bits per heavy atom. The molecular formula is C28H29NO5S. The van der Waals surface area contributed by atoms with Gasteiger partial charge in [0.05, 0.1) is 25.8 Å². The number of rotatable bonds is 7. The summed E-state index contributed by atoms with van der Waals surface area (Å²) in [6.45, 7) is 6.16. The highest BCUT2D eigenvalue weighted by atomic mass is 32.1. The summed E-state index contributed by atoms with van der Waals surface area (Å²) >= 11 is 1.45. The molecule has 1 unspecified atom stereocenters. The fraction of sp³-hybridized carbons (Fsp3) is 0.286. The van der Waals surface area contributed by atoms with Crippen molar-refractivity contribution in [2.24, 2.45) is 0 Å². The highest BCUT2D eigenvalue weighted by molar-refractivity contribution is 7.10. The number of aliphatic hydroxyl groups excluding tert-OH is 1. The van der Waals surface area contributed by atoms with Crippen molar-refractivity contribution in [2.45, 2.75) is 39.3 Å². The van der Waals surface area contributed by atoms with Crippen molar-refractivity contribution in [3.8, 4) is 11.5 Å². The minimum Gasteiger partial charge on any atom is -0.507 e. The van der Waals surface area contributed by atoms with E-state index in [1.807, 2.05) is 74.7 Å². The normalized spacial score (nSPS) is 17.3. The van der Waals surface area contributed by atoms with E-state index in [9.17, 15) is 14.7 Å². The van der Waals surface area contributed by atoms with Crippen LogP contribution in [0, 0.1) is 6.92 Å². The third kappa shape index (κ3) is 4.56. The number of thiophene rings is 1. The molecule has 1 saturated heterocycles. The summed E-state index contributed by atoms with van der Waals surface area (Å²) in [5.74, 6) is 0.0980. The molecule has 7 heteroatoms. The summed E-state index contributed by atoms with van der Waals surface area (Å²) in [5.41, 5.74) is 3.17. The highest BCUT2D eigenvalue weighted by Crippen LogP contribution is 2.43. The van der Waals surface area contributed by atoms with E-state index < -0.39 is 17.7 Å². The van der Waals surface area contributed by atoms with Crippen LogP contribution in [0.15, 0.2) is 59.5 Å². The first-order valence-electron chi connectivity index (χ1n) is 11.4. The van der Waals surface area contributed by atoms with Gasteiger partial charge in [-0.05, 0) is 65.2 Å². The number of aryl methyl sites for hydroxylation is 1. The van der Waals surface area contributed by atoms with Crippen LogP contribution in [0.4, 0.5) is 0 Å². The Balaban J connectivity index is 1.85. The number of carbonyl (C=O) groups is 2. The van der Waals surface area contributed by atoms with Crippen molar-refractivity contribution in [1.82, 2.24) is 4.90 Å². The Bertz CT molecular complexity index is 1280. The topological polar surface area (TPSA) is 76.1 Å². The van der Waals surface area contributed by atoms with Gasteiger partial charge in [-0.3, -0.25) is 9.59 Å². The molecule has 1 fully saturated rings. The van der Waals surface area contributed by atoms with Crippen LogP contribution in [0.5, 0.6) is 11.5 Å². The Hall–Kier alpha value is -3.58. The molecule has 6 nitrogen and oxygen atoms in total. The molecule has 1 aromatic heterocycles. The lowest BCUT2D eigenvalue weighted by atomic mass is 9.92. The molecule has 3 aromatic rings. The number of aliphatic hydroxyl groups is 1. The van der Waals surface area contributed by atoms with E-state index in [4.69, 9.17) is 9.47 Å². The van der Waals surface area contributed by atoms with E-state index in [1.54, 1.807) is 14.2 Å². The minimum atomic E-state index is -0.685. The monoisotopic (exact) mass is 491 g/mol.